The number of carbonyl (C=O) groups excluding carboxylic acids is 2. The topological polar surface area (TPSA) is 88.3 Å². The quantitative estimate of drug-likeness (QED) is 0.863. The number of amides is 2. The van der Waals surface area contributed by atoms with Gasteiger partial charge < -0.3 is 11.1 Å². The number of piperidine rings is 1. The first-order valence-electron chi connectivity index (χ1n) is 7.25. The van der Waals surface area contributed by atoms with Gasteiger partial charge in [0.15, 0.2) is 0 Å². The van der Waals surface area contributed by atoms with E-state index in [0.717, 1.165) is 25.1 Å². The second-order valence-corrected chi connectivity index (χ2v) is 5.57. The molecule has 2 heterocycles. The minimum atomic E-state index is -0.351. The summed E-state index contributed by atoms with van der Waals surface area (Å²) in [4.78, 5) is 29.8. The molecule has 2 amide bonds. The molecule has 21 heavy (non-hydrogen) atoms. The predicted molar refractivity (Wildman–Crippen MR) is 80.6 cm³/mol. The lowest BCUT2D eigenvalue weighted by Gasteiger charge is -2.34. The van der Waals surface area contributed by atoms with Crippen LogP contribution in [0.3, 0.4) is 0 Å². The summed E-state index contributed by atoms with van der Waals surface area (Å²) in [6.45, 7) is 5.02. The van der Waals surface area contributed by atoms with Crippen LogP contribution in [-0.4, -0.2) is 40.8 Å². The van der Waals surface area contributed by atoms with E-state index < -0.39 is 0 Å². The monoisotopic (exact) mass is 290 g/mol. The Labute approximate surface area is 124 Å². The molecule has 1 saturated heterocycles. The predicted octanol–water partition coefficient (Wildman–Crippen LogP) is 0.914. The minimum Gasteiger partial charge on any atom is -0.368 e. The van der Waals surface area contributed by atoms with E-state index in [1.165, 1.54) is 0 Å². The maximum absolute atomic E-state index is 12.3. The van der Waals surface area contributed by atoms with Crippen molar-refractivity contribution in [2.24, 2.45) is 11.7 Å². The number of carbonyl (C=O) groups is 2. The number of likely N-dealkylation sites (tertiary alicyclic amines) is 1. The number of hydrogen-bond acceptors (Lipinski definition) is 4. The fraction of sp³-hybridized carbons (Fsp3) is 0.533. The van der Waals surface area contributed by atoms with Gasteiger partial charge in [-0.15, -0.1) is 0 Å². The Kier molecular flexibility index (Phi) is 4.90. The van der Waals surface area contributed by atoms with E-state index in [0.29, 0.717) is 12.4 Å². The molecular formula is C15H22N4O2. The number of nitrogens with two attached hydrogens (primary N) is 1. The van der Waals surface area contributed by atoms with Crippen LogP contribution in [-0.2, 0) is 9.59 Å². The standard InChI is InChI=1S/C15H22N4O2/c1-10-5-3-7-13(17-10)18-15(21)12-6-4-8-19(9-12)11(2)14(16)20/h3,5,7,11-12H,4,6,8-9H2,1-2H3,(H2,16,20)(H,17,18,21). The first kappa shape index (κ1) is 15.4. The van der Waals surface area contributed by atoms with Gasteiger partial charge in [-0.05, 0) is 45.4 Å². The molecule has 0 bridgehead atoms. The second kappa shape index (κ2) is 6.67. The Morgan fingerprint density at radius 2 is 2.24 bits per heavy atom. The van der Waals surface area contributed by atoms with Crippen molar-refractivity contribution in [2.75, 3.05) is 18.4 Å². The van der Waals surface area contributed by atoms with Crippen LogP contribution in [0.25, 0.3) is 0 Å². The van der Waals surface area contributed by atoms with Gasteiger partial charge in [-0.1, -0.05) is 6.07 Å². The molecule has 1 aliphatic rings. The molecule has 0 saturated carbocycles. The normalized spacial score (nSPS) is 20.8. The molecular weight excluding hydrogens is 268 g/mol. The highest BCUT2D eigenvalue weighted by atomic mass is 16.2. The molecule has 2 rings (SSSR count). The molecule has 0 spiro atoms. The molecule has 1 aliphatic heterocycles. The number of primary amides is 1. The Bertz CT molecular complexity index is 532. The number of pyridine rings is 1. The number of nitrogens with zero attached hydrogens (tertiary/aromatic N) is 2. The van der Waals surface area contributed by atoms with Crippen LogP contribution in [0.15, 0.2) is 18.2 Å². The molecule has 1 fully saturated rings. The largest absolute Gasteiger partial charge is 0.368 e. The van der Waals surface area contributed by atoms with E-state index in [2.05, 4.69) is 10.3 Å². The van der Waals surface area contributed by atoms with E-state index in [1.807, 2.05) is 24.0 Å². The Morgan fingerprint density at radius 3 is 2.90 bits per heavy atom. The molecule has 0 radical (unpaired) electrons. The molecule has 0 aliphatic carbocycles. The van der Waals surface area contributed by atoms with Gasteiger partial charge in [0.1, 0.15) is 5.82 Å². The first-order valence-corrected chi connectivity index (χ1v) is 7.25. The highest BCUT2D eigenvalue weighted by molar-refractivity contribution is 5.92. The first-order chi connectivity index (χ1) is 9.97. The Morgan fingerprint density at radius 1 is 1.48 bits per heavy atom. The van der Waals surface area contributed by atoms with Gasteiger partial charge in [-0.2, -0.15) is 0 Å². The molecule has 3 N–H and O–H groups in total. The van der Waals surface area contributed by atoms with Crippen molar-refractivity contribution in [1.29, 1.82) is 0 Å². The lowest BCUT2D eigenvalue weighted by Crippen LogP contribution is -2.49. The third-order valence-electron chi connectivity index (χ3n) is 3.92. The van der Waals surface area contributed by atoms with Crippen molar-refractivity contribution >= 4 is 17.6 Å². The molecule has 6 nitrogen and oxygen atoms in total. The van der Waals surface area contributed by atoms with E-state index in [4.69, 9.17) is 5.73 Å². The van der Waals surface area contributed by atoms with Crippen molar-refractivity contribution in [3.8, 4) is 0 Å². The van der Waals surface area contributed by atoms with Gasteiger partial charge >= 0.3 is 0 Å². The SMILES string of the molecule is Cc1cccc(NC(=O)C2CCCN(C(C)C(N)=O)C2)n1. The number of nitrogens with one attached hydrogen (secondary N) is 1. The van der Waals surface area contributed by atoms with Crippen molar-refractivity contribution in [2.45, 2.75) is 32.7 Å². The molecule has 2 unspecified atom stereocenters. The molecule has 0 aromatic carbocycles. The van der Waals surface area contributed by atoms with Gasteiger partial charge in [0.2, 0.25) is 11.8 Å². The molecule has 6 heteroatoms. The summed E-state index contributed by atoms with van der Waals surface area (Å²) < 4.78 is 0. The summed E-state index contributed by atoms with van der Waals surface area (Å²) in [5, 5.41) is 2.85. The molecule has 2 atom stereocenters. The summed E-state index contributed by atoms with van der Waals surface area (Å²) >= 11 is 0. The van der Waals surface area contributed by atoms with Crippen LogP contribution in [0.4, 0.5) is 5.82 Å². The lowest BCUT2D eigenvalue weighted by molar-refractivity contribution is -0.127. The zero-order valence-corrected chi connectivity index (χ0v) is 12.5. The average Bonchev–Trinajstić information content (AvgIpc) is 2.46. The average molecular weight is 290 g/mol. The van der Waals surface area contributed by atoms with E-state index in [1.54, 1.807) is 13.0 Å². The Balaban J connectivity index is 1.97. The number of rotatable bonds is 4. The van der Waals surface area contributed by atoms with Gasteiger partial charge in [0.25, 0.3) is 0 Å². The summed E-state index contributed by atoms with van der Waals surface area (Å²) in [7, 11) is 0. The summed E-state index contributed by atoms with van der Waals surface area (Å²) in [5.41, 5.74) is 6.20. The van der Waals surface area contributed by atoms with Crippen molar-refractivity contribution in [1.82, 2.24) is 9.88 Å². The molecule has 114 valence electrons. The fourth-order valence-electron chi connectivity index (χ4n) is 2.59. The van der Waals surface area contributed by atoms with Crippen LogP contribution >= 0.6 is 0 Å². The maximum atomic E-state index is 12.3. The third-order valence-corrected chi connectivity index (χ3v) is 3.92. The van der Waals surface area contributed by atoms with Crippen molar-refractivity contribution in [3.63, 3.8) is 0 Å². The van der Waals surface area contributed by atoms with Crippen LogP contribution in [0.2, 0.25) is 0 Å². The van der Waals surface area contributed by atoms with Gasteiger partial charge in [-0.3, -0.25) is 14.5 Å². The number of hydrogen-bond donors (Lipinski definition) is 2. The van der Waals surface area contributed by atoms with Gasteiger partial charge in [-0.25, -0.2) is 4.98 Å². The third kappa shape index (κ3) is 4.01. The highest BCUT2D eigenvalue weighted by Gasteiger charge is 2.30. The van der Waals surface area contributed by atoms with Crippen LogP contribution in [0.5, 0.6) is 0 Å². The lowest BCUT2D eigenvalue weighted by atomic mass is 9.96. The fourth-order valence-corrected chi connectivity index (χ4v) is 2.59. The minimum absolute atomic E-state index is 0.0468. The van der Waals surface area contributed by atoms with E-state index in [9.17, 15) is 9.59 Å². The van der Waals surface area contributed by atoms with Crippen molar-refractivity contribution < 1.29 is 9.59 Å². The number of aromatic nitrogens is 1. The van der Waals surface area contributed by atoms with E-state index >= 15 is 0 Å². The maximum Gasteiger partial charge on any atom is 0.234 e. The highest BCUT2D eigenvalue weighted by Crippen LogP contribution is 2.20. The summed E-state index contributed by atoms with van der Waals surface area (Å²) in [5.74, 6) is 0.0359. The Hall–Kier alpha value is -1.95. The summed E-state index contributed by atoms with van der Waals surface area (Å²) in [6, 6.07) is 5.18. The zero-order chi connectivity index (χ0) is 15.4. The van der Waals surface area contributed by atoms with Gasteiger partial charge in [0.05, 0.1) is 12.0 Å². The van der Waals surface area contributed by atoms with Crippen molar-refractivity contribution in [3.05, 3.63) is 23.9 Å². The molecule has 1 aromatic rings. The smallest absolute Gasteiger partial charge is 0.234 e. The number of aryl methyl sites for hydroxylation is 1. The van der Waals surface area contributed by atoms with Crippen LogP contribution in [0, 0.1) is 12.8 Å². The second-order valence-electron chi connectivity index (χ2n) is 5.57. The zero-order valence-electron chi connectivity index (χ0n) is 12.5. The van der Waals surface area contributed by atoms with Gasteiger partial charge in [0, 0.05) is 12.2 Å². The number of anilines is 1. The van der Waals surface area contributed by atoms with Crippen LogP contribution in [0.1, 0.15) is 25.5 Å². The van der Waals surface area contributed by atoms with E-state index in [-0.39, 0.29) is 23.8 Å². The molecule has 1 aromatic heterocycles. The summed E-state index contributed by atoms with van der Waals surface area (Å²) in [6.07, 6.45) is 1.70. The van der Waals surface area contributed by atoms with Crippen LogP contribution < -0.4 is 11.1 Å².